The van der Waals surface area contributed by atoms with Gasteiger partial charge in [-0.2, -0.15) is 0 Å². The Morgan fingerprint density at radius 2 is 2.36 bits per heavy atom. The van der Waals surface area contributed by atoms with Crippen molar-refractivity contribution < 1.29 is 0 Å². The van der Waals surface area contributed by atoms with Gasteiger partial charge in [-0.05, 0) is 44.2 Å². The lowest BCUT2D eigenvalue weighted by atomic mass is 9.82. The van der Waals surface area contributed by atoms with Crippen molar-refractivity contribution in [2.45, 2.75) is 45.1 Å². The van der Waals surface area contributed by atoms with E-state index in [0.29, 0.717) is 5.92 Å². The fourth-order valence-electron chi connectivity index (χ4n) is 2.34. The number of fused-ring (bicyclic) bond motifs is 1. The van der Waals surface area contributed by atoms with E-state index in [4.69, 9.17) is 5.73 Å². The fourth-order valence-corrected chi connectivity index (χ4v) is 2.34. The van der Waals surface area contributed by atoms with E-state index < -0.39 is 0 Å². The van der Waals surface area contributed by atoms with Gasteiger partial charge in [0.2, 0.25) is 0 Å². The van der Waals surface area contributed by atoms with Gasteiger partial charge in [-0.3, -0.25) is 4.98 Å². The zero-order valence-electron chi connectivity index (χ0n) is 8.96. The Morgan fingerprint density at radius 1 is 1.57 bits per heavy atom. The first-order valence-electron chi connectivity index (χ1n) is 5.39. The molecule has 0 aromatic carbocycles. The van der Waals surface area contributed by atoms with E-state index in [1.54, 1.807) is 0 Å². The number of hydrogen-bond acceptors (Lipinski definition) is 2. The molecular formula is C12H18N2. The first-order chi connectivity index (χ1) is 6.68. The summed E-state index contributed by atoms with van der Waals surface area (Å²) in [5.41, 5.74) is 9.90. The molecule has 76 valence electrons. The summed E-state index contributed by atoms with van der Waals surface area (Å²) in [4.78, 5) is 4.54. The van der Waals surface area contributed by atoms with Gasteiger partial charge in [0.15, 0.2) is 0 Å². The SMILES string of the molecule is Cc1cnc2c(c1)CCCC2C(C)N. The van der Waals surface area contributed by atoms with Crippen molar-refractivity contribution in [3.63, 3.8) is 0 Å². The first-order valence-corrected chi connectivity index (χ1v) is 5.39. The Balaban J connectivity index is 2.40. The number of aromatic nitrogens is 1. The predicted molar refractivity (Wildman–Crippen MR) is 58.3 cm³/mol. The van der Waals surface area contributed by atoms with Crippen LogP contribution in [0.2, 0.25) is 0 Å². The molecule has 1 aliphatic carbocycles. The molecule has 0 saturated carbocycles. The third kappa shape index (κ3) is 1.67. The summed E-state index contributed by atoms with van der Waals surface area (Å²) >= 11 is 0. The van der Waals surface area contributed by atoms with Gasteiger partial charge in [-0.1, -0.05) is 6.07 Å². The monoisotopic (exact) mass is 190 g/mol. The van der Waals surface area contributed by atoms with Crippen molar-refractivity contribution in [2.75, 3.05) is 0 Å². The van der Waals surface area contributed by atoms with E-state index in [9.17, 15) is 0 Å². The van der Waals surface area contributed by atoms with Crippen molar-refractivity contribution in [3.8, 4) is 0 Å². The van der Waals surface area contributed by atoms with Crippen LogP contribution in [0.1, 0.15) is 42.5 Å². The molecule has 0 bridgehead atoms. The largest absolute Gasteiger partial charge is 0.327 e. The van der Waals surface area contributed by atoms with E-state index in [-0.39, 0.29) is 6.04 Å². The molecule has 0 spiro atoms. The van der Waals surface area contributed by atoms with E-state index in [1.807, 2.05) is 6.20 Å². The number of pyridine rings is 1. The van der Waals surface area contributed by atoms with Crippen LogP contribution in [0.15, 0.2) is 12.3 Å². The Labute approximate surface area is 85.5 Å². The molecule has 1 aromatic heterocycles. The fraction of sp³-hybridized carbons (Fsp3) is 0.583. The molecule has 1 heterocycles. The highest BCUT2D eigenvalue weighted by atomic mass is 14.7. The summed E-state index contributed by atoms with van der Waals surface area (Å²) in [7, 11) is 0. The number of nitrogens with zero attached hydrogens (tertiary/aromatic N) is 1. The molecule has 2 rings (SSSR count). The molecule has 1 aliphatic rings. The van der Waals surface area contributed by atoms with Crippen molar-refractivity contribution in [3.05, 3.63) is 29.1 Å². The van der Waals surface area contributed by atoms with Crippen LogP contribution >= 0.6 is 0 Å². The third-order valence-electron chi connectivity index (χ3n) is 3.09. The summed E-state index contributed by atoms with van der Waals surface area (Å²) in [6.45, 7) is 4.18. The standard InChI is InChI=1S/C12H18N2/c1-8-6-10-4-3-5-11(9(2)13)12(10)14-7-8/h6-7,9,11H,3-5,13H2,1-2H3. The molecule has 2 unspecified atom stereocenters. The predicted octanol–water partition coefficient (Wildman–Crippen LogP) is 2.16. The molecule has 0 aliphatic heterocycles. The van der Waals surface area contributed by atoms with Gasteiger partial charge >= 0.3 is 0 Å². The van der Waals surface area contributed by atoms with Gasteiger partial charge in [-0.15, -0.1) is 0 Å². The van der Waals surface area contributed by atoms with Crippen LogP contribution in [-0.4, -0.2) is 11.0 Å². The van der Waals surface area contributed by atoms with Gasteiger partial charge in [0.05, 0.1) is 0 Å². The first kappa shape index (κ1) is 9.66. The zero-order chi connectivity index (χ0) is 10.1. The van der Waals surface area contributed by atoms with Crippen LogP contribution in [0.5, 0.6) is 0 Å². The number of aryl methyl sites for hydroxylation is 2. The zero-order valence-corrected chi connectivity index (χ0v) is 8.96. The molecule has 0 amide bonds. The Kier molecular flexibility index (Phi) is 2.55. The van der Waals surface area contributed by atoms with Crippen LogP contribution in [0.25, 0.3) is 0 Å². The lowest BCUT2D eigenvalue weighted by molar-refractivity contribution is 0.472. The van der Waals surface area contributed by atoms with Gasteiger partial charge < -0.3 is 5.73 Å². The summed E-state index contributed by atoms with van der Waals surface area (Å²) in [6.07, 6.45) is 5.58. The van der Waals surface area contributed by atoms with Crippen LogP contribution in [-0.2, 0) is 6.42 Å². The maximum absolute atomic E-state index is 5.98. The van der Waals surface area contributed by atoms with Crippen molar-refractivity contribution in [2.24, 2.45) is 5.73 Å². The molecule has 14 heavy (non-hydrogen) atoms. The molecule has 0 radical (unpaired) electrons. The minimum absolute atomic E-state index is 0.226. The van der Waals surface area contributed by atoms with Gasteiger partial charge in [0, 0.05) is 23.9 Å². The summed E-state index contributed by atoms with van der Waals surface area (Å²) in [6, 6.07) is 2.49. The van der Waals surface area contributed by atoms with Gasteiger partial charge in [0.1, 0.15) is 0 Å². The summed E-state index contributed by atoms with van der Waals surface area (Å²) < 4.78 is 0. The normalized spacial score (nSPS) is 22.9. The summed E-state index contributed by atoms with van der Waals surface area (Å²) in [5, 5.41) is 0. The molecular weight excluding hydrogens is 172 g/mol. The highest BCUT2D eigenvalue weighted by Crippen LogP contribution is 2.31. The van der Waals surface area contributed by atoms with Gasteiger partial charge in [0.25, 0.3) is 0 Å². The lowest BCUT2D eigenvalue weighted by Crippen LogP contribution is -2.28. The number of hydrogen-bond donors (Lipinski definition) is 1. The molecule has 0 saturated heterocycles. The van der Waals surface area contributed by atoms with Crippen molar-refractivity contribution in [1.82, 2.24) is 4.98 Å². The van der Waals surface area contributed by atoms with Gasteiger partial charge in [-0.25, -0.2) is 0 Å². The summed E-state index contributed by atoms with van der Waals surface area (Å²) in [5.74, 6) is 0.472. The molecule has 0 fully saturated rings. The molecule has 2 nitrogen and oxygen atoms in total. The van der Waals surface area contributed by atoms with E-state index in [0.717, 1.165) is 0 Å². The third-order valence-corrected chi connectivity index (χ3v) is 3.09. The van der Waals surface area contributed by atoms with Crippen LogP contribution in [0.4, 0.5) is 0 Å². The molecule has 2 heteroatoms. The molecule has 2 atom stereocenters. The average Bonchev–Trinajstić information content (AvgIpc) is 2.16. The molecule has 1 aromatic rings. The minimum atomic E-state index is 0.226. The second kappa shape index (κ2) is 3.70. The Bertz CT molecular complexity index is 331. The number of rotatable bonds is 1. The quantitative estimate of drug-likeness (QED) is 0.737. The maximum atomic E-state index is 5.98. The van der Waals surface area contributed by atoms with Crippen molar-refractivity contribution in [1.29, 1.82) is 0 Å². The highest BCUT2D eigenvalue weighted by Gasteiger charge is 2.24. The highest BCUT2D eigenvalue weighted by molar-refractivity contribution is 5.30. The minimum Gasteiger partial charge on any atom is -0.327 e. The van der Waals surface area contributed by atoms with E-state index in [1.165, 1.54) is 36.1 Å². The topological polar surface area (TPSA) is 38.9 Å². The van der Waals surface area contributed by atoms with Crippen LogP contribution in [0.3, 0.4) is 0 Å². The lowest BCUT2D eigenvalue weighted by Gasteiger charge is -2.27. The van der Waals surface area contributed by atoms with Crippen LogP contribution < -0.4 is 5.73 Å². The molecule has 2 N–H and O–H groups in total. The average molecular weight is 190 g/mol. The smallest absolute Gasteiger partial charge is 0.0481 e. The van der Waals surface area contributed by atoms with E-state index in [2.05, 4.69) is 24.9 Å². The second-order valence-electron chi connectivity index (χ2n) is 4.41. The maximum Gasteiger partial charge on any atom is 0.0481 e. The second-order valence-corrected chi connectivity index (χ2v) is 4.41. The Morgan fingerprint density at radius 3 is 3.07 bits per heavy atom. The number of nitrogens with two attached hydrogens (primary N) is 1. The van der Waals surface area contributed by atoms with E-state index >= 15 is 0 Å². The van der Waals surface area contributed by atoms with Crippen LogP contribution in [0, 0.1) is 6.92 Å². The Hall–Kier alpha value is -0.890. The van der Waals surface area contributed by atoms with Crippen molar-refractivity contribution >= 4 is 0 Å².